The lowest BCUT2D eigenvalue weighted by molar-refractivity contribution is 0.407. The maximum atomic E-state index is 13.3. The van der Waals surface area contributed by atoms with Gasteiger partial charge in [-0.1, -0.05) is 30.3 Å². The summed E-state index contributed by atoms with van der Waals surface area (Å²) in [4.78, 5) is 2.03. The second-order valence-corrected chi connectivity index (χ2v) is 6.88. The highest BCUT2D eigenvalue weighted by molar-refractivity contribution is 7.80. The van der Waals surface area contributed by atoms with E-state index in [1.54, 1.807) is 26.4 Å². The van der Waals surface area contributed by atoms with Crippen molar-refractivity contribution in [2.24, 2.45) is 0 Å². The number of methoxy groups -OCH3 is 2. The van der Waals surface area contributed by atoms with E-state index >= 15 is 0 Å². The minimum absolute atomic E-state index is 0.257. The van der Waals surface area contributed by atoms with Gasteiger partial charge in [-0.2, -0.15) is 0 Å². The molecule has 6 heteroatoms. The van der Waals surface area contributed by atoms with Crippen molar-refractivity contribution >= 4 is 23.0 Å². The molecule has 29 heavy (non-hydrogen) atoms. The lowest BCUT2D eigenvalue weighted by atomic mass is 10.1. The molecule has 3 aromatic carbocycles. The van der Waals surface area contributed by atoms with Crippen molar-refractivity contribution in [1.82, 2.24) is 4.90 Å². The van der Waals surface area contributed by atoms with Crippen LogP contribution in [0.1, 0.15) is 11.1 Å². The van der Waals surface area contributed by atoms with E-state index in [1.165, 1.54) is 12.1 Å². The smallest absolute Gasteiger partial charge is 0.174 e. The number of benzene rings is 3. The maximum Gasteiger partial charge on any atom is 0.174 e. The van der Waals surface area contributed by atoms with Gasteiger partial charge in [-0.25, -0.2) is 4.39 Å². The molecule has 0 aliphatic heterocycles. The molecule has 0 saturated heterocycles. The molecule has 0 aromatic heterocycles. The molecule has 0 amide bonds. The Labute approximate surface area is 175 Å². The van der Waals surface area contributed by atoms with Crippen molar-refractivity contribution in [1.29, 1.82) is 0 Å². The lowest BCUT2D eigenvalue weighted by Crippen LogP contribution is -2.33. The Morgan fingerprint density at radius 1 is 0.862 bits per heavy atom. The van der Waals surface area contributed by atoms with Crippen LogP contribution >= 0.6 is 12.2 Å². The molecule has 4 nitrogen and oxygen atoms in total. The summed E-state index contributed by atoms with van der Waals surface area (Å²) in [6, 6.07) is 21.9. The summed E-state index contributed by atoms with van der Waals surface area (Å²) in [7, 11) is 3.27. The number of halogens is 1. The monoisotopic (exact) mass is 410 g/mol. The van der Waals surface area contributed by atoms with Crippen LogP contribution in [-0.4, -0.2) is 24.2 Å². The molecule has 0 bridgehead atoms. The average Bonchev–Trinajstić information content (AvgIpc) is 2.75. The van der Waals surface area contributed by atoms with Crippen LogP contribution in [0, 0.1) is 5.82 Å². The summed E-state index contributed by atoms with van der Waals surface area (Å²) in [5.41, 5.74) is 2.89. The van der Waals surface area contributed by atoms with Crippen molar-refractivity contribution in [2.75, 3.05) is 19.5 Å². The Bertz CT molecular complexity index is 946. The van der Waals surface area contributed by atoms with E-state index in [1.807, 2.05) is 53.4 Å². The Morgan fingerprint density at radius 3 is 2.03 bits per heavy atom. The molecule has 150 valence electrons. The van der Waals surface area contributed by atoms with Gasteiger partial charge in [-0.05, 0) is 59.7 Å². The number of hydrogen-bond acceptors (Lipinski definition) is 3. The van der Waals surface area contributed by atoms with Gasteiger partial charge in [0.1, 0.15) is 17.3 Å². The fourth-order valence-electron chi connectivity index (χ4n) is 2.86. The predicted octanol–water partition coefficient (Wildman–Crippen LogP) is 5.24. The minimum atomic E-state index is -0.257. The van der Waals surface area contributed by atoms with E-state index in [2.05, 4.69) is 5.32 Å². The van der Waals surface area contributed by atoms with Gasteiger partial charge in [-0.15, -0.1) is 0 Å². The number of rotatable bonds is 7. The minimum Gasteiger partial charge on any atom is -0.497 e. The summed E-state index contributed by atoms with van der Waals surface area (Å²) in [6.45, 7) is 1.14. The maximum absolute atomic E-state index is 13.3. The van der Waals surface area contributed by atoms with Crippen LogP contribution in [0.5, 0.6) is 11.5 Å². The largest absolute Gasteiger partial charge is 0.497 e. The second kappa shape index (κ2) is 9.89. The van der Waals surface area contributed by atoms with Crippen LogP contribution in [0.3, 0.4) is 0 Å². The first-order chi connectivity index (χ1) is 14.1. The zero-order valence-electron chi connectivity index (χ0n) is 16.4. The molecular formula is C23H23FN2O2S. The lowest BCUT2D eigenvalue weighted by Gasteiger charge is -2.26. The molecular weight excluding hydrogens is 387 g/mol. The van der Waals surface area contributed by atoms with Crippen molar-refractivity contribution in [3.05, 3.63) is 89.7 Å². The zero-order chi connectivity index (χ0) is 20.6. The van der Waals surface area contributed by atoms with E-state index in [0.29, 0.717) is 18.2 Å². The summed E-state index contributed by atoms with van der Waals surface area (Å²) < 4.78 is 23.8. The number of anilines is 1. The first-order valence-electron chi connectivity index (χ1n) is 9.15. The Kier molecular flexibility index (Phi) is 7.03. The average molecular weight is 411 g/mol. The van der Waals surface area contributed by atoms with Gasteiger partial charge in [0.05, 0.1) is 14.2 Å². The van der Waals surface area contributed by atoms with E-state index in [9.17, 15) is 4.39 Å². The fourth-order valence-corrected chi connectivity index (χ4v) is 3.11. The number of nitrogens with zero attached hydrogens (tertiary/aromatic N) is 1. The predicted molar refractivity (Wildman–Crippen MR) is 118 cm³/mol. The first-order valence-corrected chi connectivity index (χ1v) is 9.55. The molecule has 0 saturated carbocycles. The topological polar surface area (TPSA) is 33.7 Å². The van der Waals surface area contributed by atoms with Gasteiger partial charge >= 0.3 is 0 Å². The molecule has 3 rings (SSSR count). The van der Waals surface area contributed by atoms with Crippen LogP contribution < -0.4 is 14.8 Å². The number of thiocarbonyl (C=S) groups is 1. The number of ether oxygens (including phenoxy) is 2. The Balaban J connectivity index is 1.79. The van der Waals surface area contributed by atoms with Crippen LogP contribution in [0.2, 0.25) is 0 Å². The molecule has 0 fully saturated rings. The first kappa shape index (κ1) is 20.6. The molecule has 0 aliphatic carbocycles. The van der Waals surface area contributed by atoms with Gasteiger partial charge in [0, 0.05) is 24.8 Å². The molecule has 0 radical (unpaired) electrons. The van der Waals surface area contributed by atoms with Gasteiger partial charge in [0.2, 0.25) is 0 Å². The van der Waals surface area contributed by atoms with Crippen LogP contribution in [0.4, 0.5) is 10.1 Å². The molecule has 0 unspecified atom stereocenters. The molecule has 0 aliphatic rings. The third-order valence-corrected chi connectivity index (χ3v) is 4.79. The molecule has 0 atom stereocenters. The van der Waals surface area contributed by atoms with E-state index < -0.39 is 0 Å². The molecule has 3 aromatic rings. The van der Waals surface area contributed by atoms with Gasteiger partial charge < -0.3 is 19.7 Å². The van der Waals surface area contributed by atoms with E-state index in [0.717, 1.165) is 28.3 Å². The van der Waals surface area contributed by atoms with Gasteiger partial charge in [0.25, 0.3) is 0 Å². The standard InChI is InChI=1S/C23H23FN2O2S/c1-27-21-12-8-18(9-13-21)16-26(15-17-6-10-19(24)11-7-17)23(29)25-20-4-3-5-22(14-20)28-2/h3-14H,15-16H2,1-2H3,(H,25,29). The van der Waals surface area contributed by atoms with Crippen LogP contribution in [-0.2, 0) is 13.1 Å². The van der Waals surface area contributed by atoms with Crippen LogP contribution in [0.15, 0.2) is 72.8 Å². The third kappa shape index (κ3) is 5.93. The highest BCUT2D eigenvalue weighted by Crippen LogP contribution is 2.19. The van der Waals surface area contributed by atoms with Crippen molar-refractivity contribution in [2.45, 2.75) is 13.1 Å². The van der Waals surface area contributed by atoms with Gasteiger partial charge in [-0.3, -0.25) is 0 Å². The SMILES string of the molecule is COc1ccc(CN(Cc2ccc(F)cc2)C(=S)Nc2cccc(OC)c2)cc1. The quantitative estimate of drug-likeness (QED) is 0.539. The second-order valence-electron chi connectivity index (χ2n) is 6.49. The third-order valence-electron chi connectivity index (χ3n) is 4.43. The van der Waals surface area contributed by atoms with E-state index in [4.69, 9.17) is 21.7 Å². The highest BCUT2D eigenvalue weighted by atomic mass is 32.1. The van der Waals surface area contributed by atoms with Crippen molar-refractivity contribution in [3.8, 4) is 11.5 Å². The van der Waals surface area contributed by atoms with Gasteiger partial charge in [0.15, 0.2) is 5.11 Å². The number of nitrogens with one attached hydrogen (secondary N) is 1. The summed E-state index contributed by atoms with van der Waals surface area (Å²) >= 11 is 5.68. The zero-order valence-corrected chi connectivity index (χ0v) is 17.2. The molecule has 1 N–H and O–H groups in total. The van der Waals surface area contributed by atoms with Crippen LogP contribution in [0.25, 0.3) is 0 Å². The summed E-state index contributed by atoms with van der Waals surface area (Å²) in [5.74, 6) is 1.29. The normalized spacial score (nSPS) is 10.3. The molecule has 0 heterocycles. The Morgan fingerprint density at radius 2 is 1.45 bits per heavy atom. The molecule has 0 spiro atoms. The summed E-state index contributed by atoms with van der Waals surface area (Å²) in [6.07, 6.45) is 0. The van der Waals surface area contributed by atoms with Crippen molar-refractivity contribution < 1.29 is 13.9 Å². The fraction of sp³-hybridized carbons (Fsp3) is 0.174. The van der Waals surface area contributed by atoms with E-state index in [-0.39, 0.29) is 5.82 Å². The van der Waals surface area contributed by atoms with Crippen molar-refractivity contribution in [3.63, 3.8) is 0 Å². The number of hydrogen-bond donors (Lipinski definition) is 1. The Hall–Kier alpha value is -3.12. The highest BCUT2D eigenvalue weighted by Gasteiger charge is 2.13. The summed E-state index contributed by atoms with van der Waals surface area (Å²) in [5, 5.41) is 3.84.